The second-order valence-electron chi connectivity index (χ2n) is 7.21. The van der Waals surface area contributed by atoms with Crippen molar-refractivity contribution in [1.29, 1.82) is 0 Å². The third-order valence-corrected chi connectivity index (χ3v) is 4.37. The molecule has 0 spiro atoms. The summed E-state index contributed by atoms with van der Waals surface area (Å²) in [6.45, 7) is 3.81. The molecule has 0 aliphatic carbocycles. The number of carbonyl (C=O) groups is 1. The fourth-order valence-electron chi connectivity index (χ4n) is 2.17. The first-order chi connectivity index (χ1) is 15.9. The first-order valence-corrected chi connectivity index (χ1v) is 8.71. The Bertz CT molecular complexity index is 849. The maximum atomic E-state index is 13.9. The molecule has 0 saturated heterocycles. The van der Waals surface area contributed by atoms with E-state index in [1.54, 1.807) is 0 Å². The number of hydrogen-bond acceptors (Lipinski definition) is 4. The summed E-state index contributed by atoms with van der Waals surface area (Å²) in [5, 5.41) is 9.42. The minimum atomic E-state index is -8.76. The molecule has 0 aromatic carbocycles. The molecule has 37 heavy (non-hydrogen) atoms. The molecule has 0 aliphatic rings. The average molecular weight is 592 g/mol. The van der Waals surface area contributed by atoms with Crippen molar-refractivity contribution in [3.63, 3.8) is 0 Å². The lowest BCUT2D eigenvalue weighted by molar-refractivity contribution is -0.462. The van der Waals surface area contributed by atoms with Crippen LogP contribution in [0, 0.1) is 0 Å². The quantitative estimate of drug-likeness (QED) is 0.134. The Balaban J connectivity index is 6.53. The summed E-state index contributed by atoms with van der Waals surface area (Å²) in [6.07, 6.45) is -17.3. The molecule has 21 heteroatoms. The van der Waals surface area contributed by atoms with Crippen molar-refractivity contribution in [2.24, 2.45) is 0 Å². The fraction of sp³-hybridized carbons (Fsp3) is 0.812. The van der Waals surface area contributed by atoms with Crippen molar-refractivity contribution in [2.45, 2.75) is 73.4 Å². The minimum Gasteiger partial charge on any atom is -0.430 e. The number of aliphatic hydroxyl groups excluding tert-OH is 1. The maximum Gasteiger partial charge on any atom is 0.460 e. The summed E-state index contributed by atoms with van der Waals surface area (Å²) in [4.78, 5) is 11.3. The van der Waals surface area contributed by atoms with Gasteiger partial charge in [0.2, 0.25) is 6.29 Å². The summed E-state index contributed by atoms with van der Waals surface area (Å²) in [5.74, 6) is -59.3. The molecule has 0 rings (SSSR count). The van der Waals surface area contributed by atoms with Gasteiger partial charge < -0.3 is 14.6 Å². The van der Waals surface area contributed by atoms with E-state index in [1.165, 1.54) is 0 Å². The number of rotatable bonds is 12. The lowest BCUT2D eigenvalue weighted by atomic mass is 9.87. The number of ether oxygens (including phenoxy) is 2. The minimum absolute atomic E-state index is 0.405. The van der Waals surface area contributed by atoms with Crippen LogP contribution >= 0.6 is 0 Å². The van der Waals surface area contributed by atoms with Crippen molar-refractivity contribution in [3.8, 4) is 0 Å². The summed E-state index contributed by atoms with van der Waals surface area (Å²) in [7, 11) is 0.405. The van der Waals surface area contributed by atoms with Gasteiger partial charge in [-0.2, -0.15) is 74.6 Å². The summed E-state index contributed by atoms with van der Waals surface area (Å²) < 4.78 is 233. The van der Waals surface area contributed by atoms with Crippen LogP contribution in [0.3, 0.4) is 0 Å². The smallest absolute Gasteiger partial charge is 0.430 e. The maximum absolute atomic E-state index is 13.9. The molecule has 220 valence electrons. The van der Waals surface area contributed by atoms with Gasteiger partial charge in [0.1, 0.15) is 6.10 Å². The monoisotopic (exact) mass is 592 g/mol. The van der Waals surface area contributed by atoms with Gasteiger partial charge in [0.25, 0.3) is 0 Å². The van der Waals surface area contributed by atoms with Gasteiger partial charge in [0.05, 0.1) is 0 Å². The van der Waals surface area contributed by atoms with E-state index in [4.69, 9.17) is 0 Å². The topological polar surface area (TPSA) is 55.8 Å². The molecule has 1 N–H and O–H groups in total. The Morgan fingerprint density at radius 2 is 1.03 bits per heavy atom. The van der Waals surface area contributed by atoms with E-state index in [2.05, 4.69) is 16.1 Å². The van der Waals surface area contributed by atoms with Crippen LogP contribution < -0.4 is 0 Å². The Morgan fingerprint density at radius 1 is 0.703 bits per heavy atom. The molecular weight excluding hydrogens is 579 g/mol. The highest BCUT2D eigenvalue weighted by atomic mass is 19.4. The number of halogens is 17. The van der Waals surface area contributed by atoms with E-state index in [-0.39, 0.29) is 0 Å². The highest BCUT2D eigenvalue weighted by Crippen LogP contribution is 2.64. The molecule has 0 radical (unpaired) electrons. The number of hydrogen-bond donors (Lipinski definition) is 1. The molecule has 0 aliphatic heterocycles. The molecule has 0 aromatic heterocycles. The molecule has 0 bridgehead atoms. The third kappa shape index (κ3) is 5.42. The normalized spacial score (nSPS) is 16.9. The van der Waals surface area contributed by atoms with Gasteiger partial charge in [0.15, 0.2) is 0 Å². The van der Waals surface area contributed by atoms with Crippen molar-refractivity contribution in [2.75, 3.05) is 7.11 Å². The SMILES string of the molecule is C=C(C)C(=O)OC(OC)C(O)CC(F)(F)C(F)(F)C(F)(F)C(F)(F)C(F)(F)C(F)(F)C(F)(F)C(F)(F)F. The van der Waals surface area contributed by atoms with Gasteiger partial charge in [-0.1, -0.05) is 6.58 Å². The van der Waals surface area contributed by atoms with E-state index >= 15 is 0 Å². The third-order valence-electron chi connectivity index (χ3n) is 4.37. The second-order valence-corrected chi connectivity index (χ2v) is 7.21. The molecule has 0 aromatic rings. The predicted octanol–water partition coefficient (Wildman–Crippen LogP) is 5.84. The van der Waals surface area contributed by atoms with E-state index in [0.717, 1.165) is 6.92 Å². The Labute approximate surface area is 194 Å². The standard InChI is InChI=1S/C16H13F17O4/c1-5(2)7(35)37-8(36-3)6(34)4-9(17,18)10(19,20)11(21,22)12(23,24)13(25,26)14(27,28)15(29,30)16(31,32)33/h6,8,34H,1,4H2,2-3H3. The molecule has 2 unspecified atom stereocenters. The first kappa shape index (κ1) is 34.9. The molecule has 0 fully saturated rings. The predicted molar refractivity (Wildman–Crippen MR) is 83.0 cm³/mol. The zero-order valence-corrected chi connectivity index (χ0v) is 17.7. The molecule has 0 heterocycles. The highest BCUT2D eigenvalue weighted by Gasteiger charge is 2.95. The number of carbonyl (C=O) groups excluding carboxylic acids is 1. The lowest BCUT2D eigenvalue weighted by Crippen LogP contribution is -2.74. The lowest BCUT2D eigenvalue weighted by Gasteiger charge is -2.43. The van der Waals surface area contributed by atoms with Crippen LogP contribution in [0.25, 0.3) is 0 Å². The molecule has 4 nitrogen and oxygen atoms in total. The highest BCUT2D eigenvalue weighted by molar-refractivity contribution is 5.87. The molecule has 0 saturated carbocycles. The first-order valence-electron chi connectivity index (χ1n) is 8.71. The van der Waals surface area contributed by atoms with E-state index < -0.39 is 78.0 Å². The van der Waals surface area contributed by atoms with Gasteiger partial charge in [-0.25, -0.2) is 4.79 Å². The number of alkyl halides is 17. The van der Waals surface area contributed by atoms with E-state index in [0.29, 0.717) is 7.11 Å². The number of aliphatic hydroxyl groups is 1. The van der Waals surface area contributed by atoms with Gasteiger partial charge in [0, 0.05) is 19.1 Å². The van der Waals surface area contributed by atoms with Crippen LogP contribution in [0.4, 0.5) is 74.6 Å². The van der Waals surface area contributed by atoms with Crippen LogP contribution in [0.1, 0.15) is 13.3 Å². The van der Waals surface area contributed by atoms with Gasteiger partial charge >= 0.3 is 53.6 Å². The summed E-state index contributed by atoms with van der Waals surface area (Å²) >= 11 is 0. The zero-order valence-electron chi connectivity index (χ0n) is 17.7. The molecule has 0 amide bonds. The summed E-state index contributed by atoms with van der Waals surface area (Å²) in [6, 6.07) is 0. The van der Waals surface area contributed by atoms with Crippen LogP contribution in [0.2, 0.25) is 0 Å². The van der Waals surface area contributed by atoms with E-state index in [1.807, 2.05) is 0 Å². The Kier molecular flexibility index (Phi) is 9.36. The van der Waals surface area contributed by atoms with Gasteiger partial charge in [-0.05, 0) is 6.92 Å². The van der Waals surface area contributed by atoms with Crippen LogP contribution in [0.15, 0.2) is 12.2 Å². The summed E-state index contributed by atoms with van der Waals surface area (Å²) in [5.41, 5.74) is -0.573. The Morgan fingerprint density at radius 3 is 1.32 bits per heavy atom. The fourth-order valence-corrected chi connectivity index (χ4v) is 2.17. The van der Waals surface area contributed by atoms with Crippen molar-refractivity contribution in [1.82, 2.24) is 0 Å². The molecule has 2 atom stereocenters. The van der Waals surface area contributed by atoms with Gasteiger partial charge in [-0.3, -0.25) is 0 Å². The number of esters is 1. The van der Waals surface area contributed by atoms with E-state index in [9.17, 15) is 84.5 Å². The molecular formula is C16H13F17O4. The van der Waals surface area contributed by atoms with Crippen LogP contribution in [0.5, 0.6) is 0 Å². The largest absolute Gasteiger partial charge is 0.460 e. The van der Waals surface area contributed by atoms with Crippen molar-refractivity contribution >= 4 is 5.97 Å². The van der Waals surface area contributed by atoms with Crippen molar-refractivity contribution in [3.05, 3.63) is 12.2 Å². The number of methoxy groups -OCH3 is 1. The average Bonchev–Trinajstić information content (AvgIpc) is 2.69. The van der Waals surface area contributed by atoms with Gasteiger partial charge in [-0.15, -0.1) is 0 Å². The zero-order chi connectivity index (χ0) is 30.4. The van der Waals surface area contributed by atoms with Crippen LogP contribution in [-0.2, 0) is 14.3 Å². The van der Waals surface area contributed by atoms with Crippen LogP contribution in [-0.4, -0.2) is 78.2 Å². The second kappa shape index (κ2) is 9.92. The van der Waals surface area contributed by atoms with Crippen molar-refractivity contribution < 1.29 is 94.0 Å². The Hall–Kier alpha value is -2.06.